The van der Waals surface area contributed by atoms with Crippen molar-refractivity contribution >= 4 is 52.0 Å². The smallest absolute Gasteiger partial charge is 0.443 e. The molecule has 3 N–H and O–H groups in total. The van der Waals surface area contributed by atoms with Gasteiger partial charge in [-0.25, -0.2) is 18.6 Å². The highest BCUT2D eigenvalue weighted by molar-refractivity contribution is 6.61. The van der Waals surface area contributed by atoms with E-state index in [4.69, 9.17) is 4.74 Å². The Hall–Kier alpha value is -2.92. The van der Waals surface area contributed by atoms with Gasteiger partial charge in [-0.2, -0.15) is 0 Å². The number of pyridine rings is 1. The van der Waals surface area contributed by atoms with Gasteiger partial charge in [0, 0.05) is 44.6 Å². The number of hydrogen-bond donors (Lipinski definition) is 3. The molecular weight excluding hydrogens is 397 g/mol. The quantitative estimate of drug-likeness (QED) is 0.562. The van der Waals surface area contributed by atoms with E-state index in [2.05, 4.69) is 9.97 Å². The van der Waals surface area contributed by atoms with Crippen LogP contribution < -0.4 is 15.3 Å². The largest absolute Gasteiger partial charge is 0.492 e. The fourth-order valence-corrected chi connectivity index (χ4v) is 3.30. The van der Waals surface area contributed by atoms with Crippen LogP contribution in [-0.4, -0.2) is 60.0 Å². The summed E-state index contributed by atoms with van der Waals surface area (Å²) in [5, 5.41) is 19.4. The van der Waals surface area contributed by atoms with Crippen molar-refractivity contribution in [2.75, 3.05) is 30.9 Å². The Kier molecular flexibility index (Phi) is 5.38. The predicted molar refractivity (Wildman–Crippen MR) is 112 cm³/mol. The van der Waals surface area contributed by atoms with E-state index in [1.54, 1.807) is 39.8 Å². The molecule has 0 saturated heterocycles. The molecule has 0 saturated carbocycles. The molecule has 30 heavy (non-hydrogen) atoms. The summed E-state index contributed by atoms with van der Waals surface area (Å²) in [7, 11) is 2.77. The molecule has 0 fully saturated rings. The first kappa shape index (κ1) is 21.8. The van der Waals surface area contributed by atoms with Crippen molar-refractivity contribution in [2.24, 2.45) is 0 Å². The van der Waals surface area contributed by atoms with Gasteiger partial charge in [0.2, 0.25) is 0 Å². The predicted octanol–water partition coefficient (Wildman–Crippen LogP) is 2.11. The van der Waals surface area contributed by atoms with Gasteiger partial charge in [-0.05, 0) is 20.8 Å². The van der Waals surface area contributed by atoms with Crippen LogP contribution >= 0.6 is 0 Å². The number of ether oxygens (including phenoxy) is 1. The summed E-state index contributed by atoms with van der Waals surface area (Å²) < 4.78 is 34.8. The van der Waals surface area contributed by atoms with E-state index >= 15 is 0 Å². The highest BCUT2D eigenvalue weighted by Gasteiger charge is 2.29. The van der Waals surface area contributed by atoms with Crippen LogP contribution in [0.4, 0.5) is 25.0 Å². The number of carbonyl (C=O) groups excluding carboxylic acids is 1. The molecule has 0 atom stereocenters. The van der Waals surface area contributed by atoms with Crippen LogP contribution in [0.1, 0.15) is 20.8 Å². The maximum Gasteiger partial charge on any atom is 0.492 e. The zero-order chi connectivity index (χ0) is 22.5. The molecule has 0 aliphatic heterocycles. The second-order valence-electron chi connectivity index (χ2n) is 8.16. The van der Waals surface area contributed by atoms with E-state index in [1.807, 2.05) is 0 Å². The first-order valence-corrected chi connectivity index (χ1v) is 9.16. The molecule has 11 heteroatoms. The number of H-pyrrole nitrogens is 1. The number of anilines is 2. The summed E-state index contributed by atoms with van der Waals surface area (Å²) in [4.78, 5) is 22.2. The average molecular weight is 420 g/mol. The number of halogens is 2. The third-order valence-electron chi connectivity index (χ3n) is 4.53. The normalized spacial score (nSPS) is 11.8. The number of carbonyl (C=O) groups is 1. The lowest BCUT2D eigenvalue weighted by atomic mass is 9.79. The van der Waals surface area contributed by atoms with Gasteiger partial charge in [0.15, 0.2) is 11.6 Å². The molecule has 0 unspecified atom stereocenters. The third kappa shape index (κ3) is 3.66. The average Bonchev–Trinajstić information content (AvgIpc) is 3.01. The van der Waals surface area contributed by atoms with E-state index in [0.29, 0.717) is 0 Å². The van der Waals surface area contributed by atoms with Crippen LogP contribution in [-0.2, 0) is 4.74 Å². The van der Waals surface area contributed by atoms with E-state index in [9.17, 15) is 23.6 Å². The van der Waals surface area contributed by atoms with Crippen molar-refractivity contribution in [3.8, 4) is 0 Å². The van der Waals surface area contributed by atoms with Gasteiger partial charge in [0.25, 0.3) is 0 Å². The van der Waals surface area contributed by atoms with Gasteiger partial charge in [-0.1, -0.05) is 0 Å². The summed E-state index contributed by atoms with van der Waals surface area (Å²) in [5.74, 6) is -2.32. The maximum atomic E-state index is 15.0. The van der Waals surface area contributed by atoms with E-state index in [0.717, 1.165) is 11.0 Å². The molecule has 3 aromatic rings. The van der Waals surface area contributed by atoms with Gasteiger partial charge < -0.3 is 24.7 Å². The SMILES string of the molecule is CN(C)c1c(B(O)O)cnc2[nH]c3c(N(C)C(=O)OC(C)(C)C)cc(F)c(F)c3c12. The fraction of sp³-hybridized carbons (Fsp3) is 0.368. The highest BCUT2D eigenvalue weighted by Crippen LogP contribution is 2.38. The molecule has 3 rings (SSSR count). The number of amides is 1. The molecule has 2 heterocycles. The number of aromatic amines is 1. The van der Waals surface area contributed by atoms with Crippen LogP contribution in [0.25, 0.3) is 21.9 Å². The first-order valence-electron chi connectivity index (χ1n) is 9.16. The molecule has 1 aromatic carbocycles. The molecule has 1 amide bonds. The van der Waals surface area contributed by atoms with Crippen LogP contribution in [0.15, 0.2) is 12.3 Å². The molecule has 0 aliphatic rings. The monoisotopic (exact) mass is 420 g/mol. The van der Waals surface area contributed by atoms with E-state index < -0.39 is 30.4 Å². The number of nitrogens with one attached hydrogen (secondary N) is 1. The summed E-state index contributed by atoms with van der Waals surface area (Å²) in [6.07, 6.45) is 0.490. The second-order valence-corrected chi connectivity index (χ2v) is 8.16. The molecule has 2 aromatic heterocycles. The Labute approximate surface area is 172 Å². The molecule has 8 nitrogen and oxygen atoms in total. The standard InChI is InChI=1S/C19H23BF2N4O4/c1-19(2,3)30-18(27)26(6)11-7-10(21)14(22)12-13-16(25(4)5)9(20(28)29)8-23-17(13)24-15(11)12/h7-8,28-29H,1-6H3,(H,23,24). The first-order chi connectivity index (χ1) is 13.8. The van der Waals surface area contributed by atoms with Crippen molar-refractivity contribution < 1.29 is 28.4 Å². The molecular formula is C19H23BF2N4O4. The number of rotatable bonds is 3. The number of fused-ring (bicyclic) bond motifs is 3. The molecule has 160 valence electrons. The van der Waals surface area contributed by atoms with Crippen molar-refractivity contribution in [3.05, 3.63) is 23.9 Å². The maximum absolute atomic E-state index is 15.0. The lowest BCUT2D eigenvalue weighted by molar-refractivity contribution is 0.0589. The number of nitrogens with zero attached hydrogens (tertiary/aromatic N) is 3. The second kappa shape index (κ2) is 7.40. The van der Waals surface area contributed by atoms with Crippen LogP contribution in [0, 0.1) is 11.6 Å². The number of hydrogen-bond acceptors (Lipinski definition) is 6. The van der Waals surface area contributed by atoms with Crippen LogP contribution in [0.3, 0.4) is 0 Å². The van der Waals surface area contributed by atoms with Crippen LogP contribution in [0.2, 0.25) is 0 Å². The Morgan fingerprint density at radius 2 is 1.83 bits per heavy atom. The zero-order valence-corrected chi connectivity index (χ0v) is 17.5. The van der Waals surface area contributed by atoms with Gasteiger partial charge >= 0.3 is 13.2 Å². The van der Waals surface area contributed by atoms with Crippen molar-refractivity contribution in [2.45, 2.75) is 26.4 Å². The summed E-state index contributed by atoms with van der Waals surface area (Å²) in [6.45, 7) is 5.08. The summed E-state index contributed by atoms with van der Waals surface area (Å²) in [5.41, 5.74) is -0.128. The number of aromatic nitrogens is 2. The number of benzene rings is 1. The van der Waals surface area contributed by atoms with E-state index in [1.165, 1.54) is 13.2 Å². The van der Waals surface area contributed by atoms with Crippen molar-refractivity contribution in [1.29, 1.82) is 0 Å². The highest BCUT2D eigenvalue weighted by atomic mass is 19.2. The Morgan fingerprint density at radius 1 is 1.20 bits per heavy atom. The van der Waals surface area contributed by atoms with Gasteiger partial charge in [-0.3, -0.25) is 4.90 Å². The lowest BCUT2D eigenvalue weighted by Crippen LogP contribution is -2.35. The van der Waals surface area contributed by atoms with Crippen molar-refractivity contribution in [3.63, 3.8) is 0 Å². The van der Waals surface area contributed by atoms with Gasteiger partial charge in [0.05, 0.1) is 22.0 Å². The van der Waals surface area contributed by atoms with Crippen molar-refractivity contribution in [1.82, 2.24) is 9.97 Å². The van der Waals surface area contributed by atoms with Crippen LogP contribution in [0.5, 0.6) is 0 Å². The molecule has 0 spiro atoms. The minimum atomic E-state index is -1.87. The van der Waals surface area contributed by atoms with Gasteiger partial charge in [0.1, 0.15) is 11.2 Å². The summed E-state index contributed by atoms with van der Waals surface area (Å²) >= 11 is 0. The molecule has 0 bridgehead atoms. The third-order valence-corrected chi connectivity index (χ3v) is 4.53. The molecule has 0 radical (unpaired) electrons. The summed E-state index contributed by atoms with van der Waals surface area (Å²) in [6, 6.07) is 0.897. The molecule has 0 aliphatic carbocycles. The Bertz CT molecular complexity index is 1140. The minimum Gasteiger partial charge on any atom is -0.443 e. The Balaban J connectivity index is 2.37. The topological polar surface area (TPSA) is 102 Å². The fourth-order valence-electron chi connectivity index (χ4n) is 3.30. The van der Waals surface area contributed by atoms with Gasteiger partial charge in [-0.15, -0.1) is 0 Å². The minimum absolute atomic E-state index is 0.0270. The Morgan fingerprint density at radius 3 is 2.37 bits per heavy atom. The lowest BCUT2D eigenvalue weighted by Gasteiger charge is -2.25. The zero-order valence-electron chi connectivity index (χ0n) is 17.5. The van der Waals surface area contributed by atoms with E-state index in [-0.39, 0.29) is 38.8 Å².